The second-order valence-corrected chi connectivity index (χ2v) is 13.4. The number of piperidine rings is 1. The molecule has 2 aliphatic rings. The number of rotatable bonds is 5. The fraction of sp³-hybridized carbons (Fsp3) is 0.440. The van der Waals surface area contributed by atoms with Crippen molar-refractivity contribution in [1.82, 2.24) is 13.5 Å². The Morgan fingerprint density at radius 1 is 0.833 bits per heavy atom. The molecule has 2 saturated heterocycles. The van der Waals surface area contributed by atoms with E-state index < -0.39 is 20.0 Å². The molecule has 2 fully saturated rings. The van der Waals surface area contributed by atoms with Crippen molar-refractivity contribution in [3.8, 4) is 6.07 Å². The molecule has 2 aromatic rings. The molecule has 0 aromatic heterocycles. The molecular weight excluding hydrogens is 500 g/mol. The highest BCUT2D eigenvalue weighted by Crippen LogP contribution is 2.27. The molecule has 0 radical (unpaired) electrons. The summed E-state index contributed by atoms with van der Waals surface area (Å²) in [6.07, 6.45) is 0.999. The Balaban J connectivity index is 1.42. The molecule has 0 spiro atoms. The van der Waals surface area contributed by atoms with Gasteiger partial charge >= 0.3 is 0 Å². The van der Waals surface area contributed by atoms with Crippen LogP contribution in [0, 0.1) is 23.2 Å². The van der Waals surface area contributed by atoms with Crippen LogP contribution in [0.15, 0.2) is 58.3 Å². The monoisotopic (exact) mass is 530 g/mol. The van der Waals surface area contributed by atoms with Crippen molar-refractivity contribution in [2.45, 2.75) is 30.1 Å². The second-order valence-electron chi connectivity index (χ2n) is 9.60. The zero-order valence-electron chi connectivity index (χ0n) is 20.4. The quantitative estimate of drug-likeness (QED) is 0.586. The van der Waals surface area contributed by atoms with E-state index in [0.717, 1.165) is 6.42 Å². The molecule has 2 unspecified atom stereocenters. The van der Waals surface area contributed by atoms with Gasteiger partial charge in [-0.1, -0.05) is 26.0 Å². The smallest absolute Gasteiger partial charge is 0.253 e. The lowest BCUT2D eigenvalue weighted by Gasteiger charge is -2.34. The average molecular weight is 531 g/mol. The van der Waals surface area contributed by atoms with Gasteiger partial charge in [0.05, 0.1) is 15.4 Å². The van der Waals surface area contributed by atoms with Gasteiger partial charge in [-0.25, -0.2) is 16.8 Å². The summed E-state index contributed by atoms with van der Waals surface area (Å²) in [5, 5.41) is 9.26. The molecule has 9 nitrogen and oxygen atoms in total. The number of nitriles is 1. The summed E-state index contributed by atoms with van der Waals surface area (Å²) in [5.41, 5.74) is 0.431. The molecule has 36 heavy (non-hydrogen) atoms. The summed E-state index contributed by atoms with van der Waals surface area (Å²) in [4.78, 5) is 14.7. The maximum absolute atomic E-state index is 13.1. The Kier molecular flexibility index (Phi) is 7.52. The number of hydrogen-bond donors (Lipinski definition) is 0. The number of piperazine rings is 1. The Labute approximate surface area is 213 Å². The molecule has 4 rings (SSSR count). The van der Waals surface area contributed by atoms with Crippen LogP contribution in [0.2, 0.25) is 0 Å². The van der Waals surface area contributed by atoms with Crippen LogP contribution in [0.25, 0.3) is 0 Å². The summed E-state index contributed by atoms with van der Waals surface area (Å²) in [6, 6.07) is 13.9. The summed E-state index contributed by atoms with van der Waals surface area (Å²) < 4.78 is 55.1. The molecule has 0 bridgehead atoms. The van der Waals surface area contributed by atoms with Crippen molar-refractivity contribution >= 4 is 26.0 Å². The number of carbonyl (C=O) groups is 1. The molecular formula is C25H30N4O5S2. The maximum Gasteiger partial charge on any atom is 0.253 e. The minimum atomic E-state index is -3.86. The third-order valence-corrected chi connectivity index (χ3v) is 10.5. The summed E-state index contributed by atoms with van der Waals surface area (Å²) in [7, 11) is -7.50. The molecule has 2 aromatic carbocycles. The topological polar surface area (TPSA) is 119 Å². The standard InChI is InChI=1S/C25H30N4O5S2/c1-19-15-20(2)18-29(17-19)35(31,32)23-9-7-21(8-10-23)25(30)27-11-13-28(14-12-27)36(33,34)24-6-4-3-5-22(24)16-26/h3-10,19-20H,11-15,17-18H2,1-2H3. The van der Waals surface area contributed by atoms with Gasteiger partial charge in [0.15, 0.2) is 0 Å². The van der Waals surface area contributed by atoms with E-state index in [1.165, 1.54) is 45.0 Å². The number of amides is 1. The first-order valence-corrected chi connectivity index (χ1v) is 14.8. The van der Waals surface area contributed by atoms with Crippen molar-refractivity contribution in [2.75, 3.05) is 39.3 Å². The lowest BCUT2D eigenvalue weighted by molar-refractivity contribution is 0.0697. The summed E-state index contributed by atoms with van der Waals surface area (Å²) in [5.74, 6) is 0.300. The van der Waals surface area contributed by atoms with E-state index in [-0.39, 0.29) is 47.4 Å². The van der Waals surface area contributed by atoms with E-state index in [4.69, 9.17) is 0 Å². The van der Waals surface area contributed by atoms with Crippen molar-refractivity contribution in [1.29, 1.82) is 5.26 Å². The van der Waals surface area contributed by atoms with E-state index in [2.05, 4.69) is 0 Å². The molecule has 192 valence electrons. The van der Waals surface area contributed by atoms with E-state index in [1.807, 2.05) is 19.9 Å². The number of sulfonamides is 2. The molecule has 2 heterocycles. The van der Waals surface area contributed by atoms with Crippen LogP contribution in [0.4, 0.5) is 0 Å². The van der Waals surface area contributed by atoms with Gasteiger partial charge < -0.3 is 4.90 Å². The van der Waals surface area contributed by atoms with Crippen molar-refractivity contribution in [3.05, 3.63) is 59.7 Å². The van der Waals surface area contributed by atoms with Gasteiger partial charge in [-0.15, -0.1) is 0 Å². The highest BCUT2D eigenvalue weighted by Gasteiger charge is 2.33. The van der Waals surface area contributed by atoms with Gasteiger partial charge in [0.2, 0.25) is 20.0 Å². The van der Waals surface area contributed by atoms with Gasteiger partial charge in [-0.2, -0.15) is 13.9 Å². The maximum atomic E-state index is 13.1. The van der Waals surface area contributed by atoms with Crippen LogP contribution < -0.4 is 0 Å². The van der Waals surface area contributed by atoms with Gasteiger partial charge in [0, 0.05) is 44.8 Å². The SMILES string of the molecule is CC1CC(C)CN(S(=O)(=O)c2ccc(C(=O)N3CCN(S(=O)(=O)c4ccccc4C#N)CC3)cc2)C1. The number of benzene rings is 2. The molecule has 1 amide bonds. The molecule has 0 aliphatic carbocycles. The van der Waals surface area contributed by atoms with Crippen molar-refractivity contribution < 1.29 is 21.6 Å². The van der Waals surface area contributed by atoms with E-state index >= 15 is 0 Å². The Bertz CT molecular complexity index is 1370. The van der Waals surface area contributed by atoms with Crippen LogP contribution in [-0.4, -0.2) is 75.5 Å². The first kappa shape index (κ1) is 26.3. The van der Waals surface area contributed by atoms with E-state index in [1.54, 1.807) is 17.0 Å². The number of nitrogens with zero attached hydrogens (tertiary/aromatic N) is 4. The molecule has 2 atom stereocenters. The lowest BCUT2D eigenvalue weighted by atomic mass is 9.94. The van der Waals surface area contributed by atoms with Gasteiger partial charge in [-0.05, 0) is 54.7 Å². The minimum absolute atomic E-state index is 0.0402. The fourth-order valence-electron chi connectivity index (χ4n) is 4.96. The average Bonchev–Trinajstić information content (AvgIpc) is 2.87. The van der Waals surface area contributed by atoms with Crippen LogP contribution in [0.1, 0.15) is 36.2 Å². The van der Waals surface area contributed by atoms with Crippen molar-refractivity contribution in [2.24, 2.45) is 11.8 Å². The zero-order valence-corrected chi connectivity index (χ0v) is 22.0. The predicted molar refractivity (Wildman–Crippen MR) is 134 cm³/mol. The zero-order chi connectivity index (χ0) is 26.1. The van der Waals surface area contributed by atoms with Crippen LogP contribution >= 0.6 is 0 Å². The summed E-state index contributed by atoms with van der Waals surface area (Å²) >= 11 is 0. The van der Waals surface area contributed by atoms with E-state index in [0.29, 0.717) is 30.5 Å². The van der Waals surface area contributed by atoms with Crippen LogP contribution in [0.5, 0.6) is 0 Å². The minimum Gasteiger partial charge on any atom is -0.336 e. The van der Waals surface area contributed by atoms with Crippen LogP contribution in [0.3, 0.4) is 0 Å². The van der Waals surface area contributed by atoms with Crippen LogP contribution in [-0.2, 0) is 20.0 Å². The predicted octanol–water partition coefficient (Wildman–Crippen LogP) is 2.37. The summed E-state index contributed by atoms with van der Waals surface area (Å²) in [6.45, 7) is 5.66. The normalized spacial score (nSPS) is 22.2. The molecule has 11 heteroatoms. The highest BCUT2D eigenvalue weighted by atomic mass is 32.2. The van der Waals surface area contributed by atoms with Gasteiger partial charge in [-0.3, -0.25) is 4.79 Å². The Hall–Kier alpha value is -2.78. The Morgan fingerprint density at radius 2 is 1.42 bits per heavy atom. The Morgan fingerprint density at radius 3 is 2.00 bits per heavy atom. The molecule has 2 aliphatic heterocycles. The lowest BCUT2D eigenvalue weighted by Crippen LogP contribution is -2.50. The van der Waals surface area contributed by atoms with Gasteiger partial charge in [0.1, 0.15) is 6.07 Å². The number of carbonyl (C=O) groups excluding carboxylic acids is 1. The van der Waals surface area contributed by atoms with Crippen molar-refractivity contribution in [3.63, 3.8) is 0 Å². The third-order valence-electron chi connectivity index (χ3n) is 6.73. The highest BCUT2D eigenvalue weighted by molar-refractivity contribution is 7.89. The third kappa shape index (κ3) is 5.18. The number of hydrogen-bond acceptors (Lipinski definition) is 6. The largest absolute Gasteiger partial charge is 0.336 e. The second kappa shape index (κ2) is 10.3. The first-order valence-electron chi connectivity index (χ1n) is 11.9. The first-order chi connectivity index (χ1) is 17.0. The van der Waals surface area contributed by atoms with E-state index in [9.17, 15) is 26.9 Å². The van der Waals surface area contributed by atoms with Gasteiger partial charge in [0.25, 0.3) is 5.91 Å². The molecule has 0 saturated carbocycles. The molecule has 0 N–H and O–H groups in total. The fourth-order valence-corrected chi connectivity index (χ4v) is 8.20.